The van der Waals surface area contributed by atoms with Crippen LogP contribution in [0.4, 0.5) is 0 Å². The zero-order valence-electron chi connectivity index (χ0n) is 9.31. The second kappa shape index (κ2) is 4.35. The summed E-state index contributed by atoms with van der Waals surface area (Å²) in [6, 6.07) is 0. The lowest BCUT2D eigenvalue weighted by Crippen LogP contribution is -2.27. The van der Waals surface area contributed by atoms with Gasteiger partial charge in [0, 0.05) is 12.8 Å². The molecule has 0 aromatic rings. The Morgan fingerprint density at radius 1 is 1.33 bits per heavy atom. The highest BCUT2D eigenvalue weighted by Gasteiger charge is 2.42. The molecule has 2 rings (SSSR count). The van der Waals surface area contributed by atoms with Gasteiger partial charge in [-0.2, -0.15) is 0 Å². The van der Waals surface area contributed by atoms with Crippen molar-refractivity contribution in [3.05, 3.63) is 12.2 Å². The van der Waals surface area contributed by atoms with Crippen LogP contribution in [-0.2, 0) is 14.3 Å². The molecule has 0 aliphatic heterocycles. The molecule has 15 heavy (non-hydrogen) atoms. The van der Waals surface area contributed by atoms with Crippen LogP contribution in [0.5, 0.6) is 0 Å². The van der Waals surface area contributed by atoms with Crippen LogP contribution in [0.2, 0.25) is 0 Å². The molecule has 4 atom stereocenters. The Labute approximate surface area is 90.4 Å². The van der Waals surface area contributed by atoms with Crippen LogP contribution in [0.1, 0.15) is 20.3 Å². The quantitative estimate of drug-likeness (QED) is 0.403. The number of ether oxygens (including phenoxy) is 2. The van der Waals surface area contributed by atoms with Crippen LogP contribution < -0.4 is 0 Å². The van der Waals surface area contributed by atoms with Crippen molar-refractivity contribution in [2.24, 2.45) is 17.8 Å². The van der Waals surface area contributed by atoms with Gasteiger partial charge < -0.3 is 9.47 Å². The monoisotopic (exact) mass is 210 g/mol. The van der Waals surface area contributed by atoms with Crippen molar-refractivity contribution in [1.29, 1.82) is 0 Å². The summed E-state index contributed by atoms with van der Waals surface area (Å²) in [5, 5.41) is 0. The third-order valence-electron chi connectivity index (χ3n) is 3.46. The van der Waals surface area contributed by atoms with Crippen molar-refractivity contribution in [2.75, 3.05) is 13.2 Å². The average Bonchev–Trinajstić information content (AvgIpc) is 2.74. The molecule has 1 saturated carbocycles. The summed E-state index contributed by atoms with van der Waals surface area (Å²) in [6.45, 7) is 4.55. The lowest BCUT2D eigenvalue weighted by molar-refractivity contribution is -0.143. The molecule has 0 radical (unpaired) electrons. The molecule has 1 fully saturated rings. The number of rotatable bonds is 4. The number of esters is 1. The minimum Gasteiger partial charge on any atom is -0.463 e. The lowest BCUT2D eigenvalue weighted by atomic mass is 9.93. The Balaban J connectivity index is 1.72. The SMILES string of the molecule is CC(=O)OCCOC1C2C=CC(C2)C1C. The fraction of sp³-hybridized carbons (Fsp3) is 0.750. The number of fused-ring (bicyclic) bond motifs is 2. The molecule has 0 N–H and O–H groups in total. The van der Waals surface area contributed by atoms with Gasteiger partial charge in [0.15, 0.2) is 0 Å². The van der Waals surface area contributed by atoms with Crippen molar-refractivity contribution in [3.8, 4) is 0 Å². The van der Waals surface area contributed by atoms with E-state index in [2.05, 4.69) is 19.1 Å². The third-order valence-corrected chi connectivity index (χ3v) is 3.46. The molecule has 3 nitrogen and oxygen atoms in total. The Bertz CT molecular complexity index is 272. The van der Waals surface area contributed by atoms with E-state index in [0.717, 1.165) is 0 Å². The van der Waals surface area contributed by atoms with E-state index in [1.54, 1.807) is 0 Å². The summed E-state index contributed by atoms with van der Waals surface area (Å²) in [6.07, 6.45) is 6.14. The molecular formula is C12H18O3. The molecule has 4 unspecified atom stereocenters. The highest BCUT2D eigenvalue weighted by molar-refractivity contribution is 5.65. The average molecular weight is 210 g/mol. The Hall–Kier alpha value is -0.830. The smallest absolute Gasteiger partial charge is 0.302 e. The summed E-state index contributed by atoms with van der Waals surface area (Å²) in [5.74, 6) is 1.66. The van der Waals surface area contributed by atoms with E-state index in [1.807, 2.05) is 0 Å². The predicted octanol–water partition coefficient (Wildman–Crippen LogP) is 1.78. The van der Waals surface area contributed by atoms with Crippen molar-refractivity contribution in [2.45, 2.75) is 26.4 Å². The molecule has 0 spiro atoms. The zero-order valence-corrected chi connectivity index (χ0v) is 9.31. The second-order valence-electron chi connectivity index (χ2n) is 4.48. The summed E-state index contributed by atoms with van der Waals surface area (Å²) >= 11 is 0. The summed E-state index contributed by atoms with van der Waals surface area (Å²) in [5.41, 5.74) is 0. The van der Waals surface area contributed by atoms with E-state index in [0.29, 0.717) is 37.1 Å². The summed E-state index contributed by atoms with van der Waals surface area (Å²) in [4.78, 5) is 10.5. The fourth-order valence-corrected chi connectivity index (χ4v) is 2.67. The zero-order chi connectivity index (χ0) is 10.8. The van der Waals surface area contributed by atoms with Crippen molar-refractivity contribution in [1.82, 2.24) is 0 Å². The Kier molecular flexibility index (Phi) is 3.10. The number of hydrogen-bond donors (Lipinski definition) is 0. The molecule has 3 heteroatoms. The fourth-order valence-electron chi connectivity index (χ4n) is 2.67. The largest absolute Gasteiger partial charge is 0.463 e. The van der Waals surface area contributed by atoms with Crippen molar-refractivity contribution < 1.29 is 14.3 Å². The van der Waals surface area contributed by atoms with Crippen LogP contribution in [0.15, 0.2) is 12.2 Å². The normalized spacial score (nSPS) is 37.2. The van der Waals surface area contributed by atoms with Gasteiger partial charge in [0.2, 0.25) is 0 Å². The third kappa shape index (κ3) is 2.23. The summed E-state index contributed by atoms with van der Waals surface area (Å²) in [7, 11) is 0. The van der Waals surface area contributed by atoms with Crippen LogP contribution in [-0.4, -0.2) is 25.3 Å². The van der Waals surface area contributed by atoms with E-state index in [-0.39, 0.29) is 5.97 Å². The van der Waals surface area contributed by atoms with Crippen molar-refractivity contribution >= 4 is 5.97 Å². The first-order valence-electron chi connectivity index (χ1n) is 5.62. The molecule has 2 aliphatic carbocycles. The van der Waals surface area contributed by atoms with Crippen LogP contribution in [0, 0.1) is 17.8 Å². The minimum absolute atomic E-state index is 0.237. The Morgan fingerprint density at radius 2 is 2.07 bits per heavy atom. The first-order chi connectivity index (χ1) is 7.18. The van der Waals surface area contributed by atoms with Gasteiger partial charge in [0.1, 0.15) is 6.61 Å². The standard InChI is InChI=1S/C12H18O3/c1-8-10-3-4-11(7-10)12(8)15-6-5-14-9(2)13/h3-4,8,10-12H,5-7H2,1-2H3. The summed E-state index contributed by atoms with van der Waals surface area (Å²) < 4.78 is 10.6. The van der Waals surface area contributed by atoms with E-state index >= 15 is 0 Å². The molecule has 0 amide bonds. The molecule has 0 heterocycles. The first kappa shape index (κ1) is 10.7. The van der Waals surface area contributed by atoms with Gasteiger partial charge in [-0.05, 0) is 18.3 Å². The van der Waals surface area contributed by atoms with Gasteiger partial charge >= 0.3 is 5.97 Å². The van der Waals surface area contributed by atoms with Crippen molar-refractivity contribution in [3.63, 3.8) is 0 Å². The van der Waals surface area contributed by atoms with Crippen LogP contribution >= 0.6 is 0 Å². The number of carbonyl (C=O) groups is 1. The Morgan fingerprint density at radius 3 is 2.67 bits per heavy atom. The van der Waals surface area contributed by atoms with Gasteiger partial charge in [-0.15, -0.1) is 0 Å². The van der Waals surface area contributed by atoms with E-state index in [1.165, 1.54) is 13.3 Å². The van der Waals surface area contributed by atoms with Crippen LogP contribution in [0.3, 0.4) is 0 Å². The highest BCUT2D eigenvalue weighted by Crippen LogP contribution is 2.44. The molecule has 0 aromatic carbocycles. The molecule has 2 aliphatic rings. The van der Waals surface area contributed by atoms with E-state index < -0.39 is 0 Å². The highest BCUT2D eigenvalue weighted by atomic mass is 16.6. The number of allylic oxidation sites excluding steroid dienone is 1. The lowest BCUT2D eigenvalue weighted by Gasteiger charge is -2.24. The topological polar surface area (TPSA) is 35.5 Å². The molecular weight excluding hydrogens is 192 g/mol. The van der Waals surface area contributed by atoms with Gasteiger partial charge in [-0.1, -0.05) is 19.1 Å². The maximum absolute atomic E-state index is 10.5. The maximum Gasteiger partial charge on any atom is 0.302 e. The maximum atomic E-state index is 10.5. The second-order valence-corrected chi connectivity index (χ2v) is 4.48. The number of carbonyl (C=O) groups excluding carboxylic acids is 1. The molecule has 0 aromatic heterocycles. The first-order valence-corrected chi connectivity index (χ1v) is 5.62. The molecule has 84 valence electrons. The van der Waals surface area contributed by atoms with Gasteiger partial charge in [0.05, 0.1) is 12.7 Å². The molecule has 2 bridgehead atoms. The predicted molar refractivity (Wildman–Crippen MR) is 56.3 cm³/mol. The number of hydrogen-bond acceptors (Lipinski definition) is 3. The minimum atomic E-state index is -0.237. The van der Waals surface area contributed by atoms with Gasteiger partial charge in [-0.25, -0.2) is 0 Å². The van der Waals surface area contributed by atoms with Crippen LogP contribution in [0.25, 0.3) is 0 Å². The van der Waals surface area contributed by atoms with Gasteiger partial charge in [-0.3, -0.25) is 4.79 Å². The van der Waals surface area contributed by atoms with E-state index in [9.17, 15) is 4.79 Å². The molecule has 0 saturated heterocycles. The van der Waals surface area contributed by atoms with Gasteiger partial charge in [0.25, 0.3) is 0 Å². The van der Waals surface area contributed by atoms with E-state index in [4.69, 9.17) is 9.47 Å².